The fourth-order valence-corrected chi connectivity index (χ4v) is 5.72. The summed E-state index contributed by atoms with van der Waals surface area (Å²) >= 11 is 4.11. The summed E-state index contributed by atoms with van der Waals surface area (Å²) in [5, 5.41) is 1.15. The number of para-hydroxylation sites is 1. The average Bonchev–Trinajstić information content (AvgIpc) is 2.52. The number of benzene rings is 1. The molecule has 3 unspecified atom stereocenters. The molecule has 0 saturated carbocycles. The lowest BCUT2D eigenvalue weighted by Gasteiger charge is -2.34. The molecule has 2 nitrogen and oxygen atoms in total. The highest BCUT2D eigenvalue weighted by Crippen LogP contribution is 2.41. The van der Waals surface area contributed by atoms with Crippen LogP contribution < -0.4 is 10.5 Å². The van der Waals surface area contributed by atoms with Crippen LogP contribution in [-0.2, 0) is 0 Å². The molecule has 0 radical (unpaired) electrons. The van der Waals surface area contributed by atoms with Gasteiger partial charge in [-0.2, -0.15) is 23.5 Å². The van der Waals surface area contributed by atoms with E-state index in [2.05, 4.69) is 37.7 Å². The molecule has 2 rings (SSSR count). The van der Waals surface area contributed by atoms with E-state index in [1.807, 2.05) is 23.9 Å². The summed E-state index contributed by atoms with van der Waals surface area (Å²) in [6.07, 6.45) is 2.21. The van der Waals surface area contributed by atoms with E-state index in [1.54, 1.807) is 0 Å². The quantitative estimate of drug-likeness (QED) is 0.858. The summed E-state index contributed by atoms with van der Waals surface area (Å²) in [6.45, 7) is 5.15. The topological polar surface area (TPSA) is 35.2 Å². The zero-order valence-electron chi connectivity index (χ0n) is 12.4. The first-order valence-corrected chi connectivity index (χ1v) is 9.58. The van der Waals surface area contributed by atoms with Crippen LogP contribution in [0, 0.1) is 0 Å². The number of ether oxygens (including phenoxy) is 1. The van der Waals surface area contributed by atoms with Gasteiger partial charge in [-0.3, -0.25) is 0 Å². The molecule has 1 aromatic rings. The number of hydrogen-bond donors (Lipinski definition) is 1. The molecule has 1 saturated heterocycles. The maximum Gasteiger partial charge on any atom is 0.124 e. The minimum Gasteiger partial charge on any atom is -0.493 e. The molecule has 4 heteroatoms. The second-order valence-corrected chi connectivity index (χ2v) is 7.70. The summed E-state index contributed by atoms with van der Waals surface area (Å²) in [5.41, 5.74) is 7.76. The summed E-state index contributed by atoms with van der Waals surface area (Å²) in [5.74, 6) is 3.42. The fraction of sp³-hybridized carbons (Fsp3) is 0.625. The lowest BCUT2D eigenvalue weighted by Crippen LogP contribution is -2.35. The third-order valence-electron chi connectivity index (χ3n) is 3.59. The number of thioether (sulfide) groups is 2. The smallest absolute Gasteiger partial charge is 0.124 e. The number of hydrogen-bond acceptors (Lipinski definition) is 4. The molecule has 1 heterocycles. The molecule has 0 spiro atoms. The van der Waals surface area contributed by atoms with Crippen LogP contribution in [0.3, 0.4) is 0 Å². The van der Waals surface area contributed by atoms with Crippen LogP contribution in [0.15, 0.2) is 24.3 Å². The van der Waals surface area contributed by atoms with E-state index < -0.39 is 0 Å². The zero-order chi connectivity index (χ0) is 14.4. The van der Waals surface area contributed by atoms with Crippen molar-refractivity contribution in [2.75, 3.05) is 18.1 Å². The maximum absolute atomic E-state index is 6.59. The Balaban J connectivity index is 2.16. The minimum atomic E-state index is 0.0609. The van der Waals surface area contributed by atoms with E-state index in [-0.39, 0.29) is 6.04 Å². The standard InChI is InChI=1S/C16H25NOS2/c1-3-9-18-13-8-6-5-7-12(13)15(17)16-14(4-2)19-10-11-20-16/h5-8,14-16H,3-4,9-11,17H2,1-2H3. The Bertz CT molecular complexity index is 413. The Hall–Kier alpha value is -0.320. The Kier molecular flexibility index (Phi) is 6.59. The second-order valence-electron chi connectivity index (χ2n) is 5.06. The molecular weight excluding hydrogens is 286 g/mol. The third-order valence-corrected chi connectivity index (χ3v) is 6.96. The van der Waals surface area contributed by atoms with E-state index in [1.165, 1.54) is 23.5 Å². The van der Waals surface area contributed by atoms with Gasteiger partial charge < -0.3 is 10.5 Å². The van der Waals surface area contributed by atoms with E-state index >= 15 is 0 Å². The highest BCUT2D eigenvalue weighted by molar-refractivity contribution is 8.07. The third kappa shape index (κ3) is 3.86. The van der Waals surface area contributed by atoms with Gasteiger partial charge >= 0.3 is 0 Å². The Morgan fingerprint density at radius 3 is 2.75 bits per heavy atom. The number of nitrogens with two attached hydrogens (primary N) is 1. The zero-order valence-corrected chi connectivity index (χ0v) is 14.0. The van der Waals surface area contributed by atoms with Crippen LogP contribution in [0.5, 0.6) is 5.75 Å². The van der Waals surface area contributed by atoms with Crippen molar-refractivity contribution in [1.29, 1.82) is 0 Å². The van der Waals surface area contributed by atoms with Gasteiger partial charge in [-0.05, 0) is 18.9 Å². The van der Waals surface area contributed by atoms with E-state index in [9.17, 15) is 0 Å². The Labute approximate surface area is 131 Å². The van der Waals surface area contributed by atoms with Crippen molar-refractivity contribution in [2.24, 2.45) is 5.73 Å². The predicted molar refractivity (Wildman–Crippen MR) is 91.9 cm³/mol. The first-order chi connectivity index (χ1) is 9.77. The SMILES string of the molecule is CCCOc1ccccc1C(N)C1SCCSC1CC. The molecule has 1 aromatic carbocycles. The monoisotopic (exact) mass is 311 g/mol. The van der Waals surface area contributed by atoms with E-state index in [0.29, 0.717) is 10.5 Å². The summed E-state index contributed by atoms with van der Waals surface area (Å²) < 4.78 is 5.87. The van der Waals surface area contributed by atoms with Gasteiger partial charge in [0.15, 0.2) is 0 Å². The van der Waals surface area contributed by atoms with Gasteiger partial charge in [0.2, 0.25) is 0 Å². The lowest BCUT2D eigenvalue weighted by molar-refractivity contribution is 0.312. The Morgan fingerprint density at radius 1 is 1.25 bits per heavy atom. The normalized spacial score (nSPS) is 24.4. The summed E-state index contributed by atoms with van der Waals surface area (Å²) in [6, 6.07) is 8.33. The molecule has 0 amide bonds. The molecule has 1 aliphatic heterocycles. The summed E-state index contributed by atoms with van der Waals surface area (Å²) in [4.78, 5) is 0. The highest BCUT2D eigenvalue weighted by atomic mass is 32.2. The average molecular weight is 312 g/mol. The fourth-order valence-electron chi connectivity index (χ4n) is 2.55. The van der Waals surface area contributed by atoms with Gasteiger partial charge in [0, 0.05) is 33.6 Å². The minimum absolute atomic E-state index is 0.0609. The van der Waals surface area contributed by atoms with Crippen molar-refractivity contribution >= 4 is 23.5 Å². The van der Waals surface area contributed by atoms with Crippen molar-refractivity contribution in [1.82, 2.24) is 0 Å². The van der Waals surface area contributed by atoms with Crippen molar-refractivity contribution in [3.05, 3.63) is 29.8 Å². The van der Waals surface area contributed by atoms with Crippen LogP contribution in [-0.4, -0.2) is 28.6 Å². The van der Waals surface area contributed by atoms with Crippen LogP contribution >= 0.6 is 23.5 Å². The van der Waals surface area contributed by atoms with Crippen molar-refractivity contribution in [2.45, 2.75) is 43.2 Å². The molecule has 1 aliphatic rings. The Morgan fingerprint density at radius 2 is 2.00 bits per heavy atom. The largest absolute Gasteiger partial charge is 0.493 e. The van der Waals surface area contributed by atoms with Crippen molar-refractivity contribution < 1.29 is 4.74 Å². The molecule has 0 aliphatic carbocycles. The first kappa shape index (κ1) is 16.1. The number of rotatable bonds is 6. The van der Waals surface area contributed by atoms with Gasteiger partial charge in [0.25, 0.3) is 0 Å². The highest BCUT2D eigenvalue weighted by Gasteiger charge is 2.32. The van der Waals surface area contributed by atoms with E-state index in [0.717, 1.165) is 18.8 Å². The molecule has 2 N–H and O–H groups in total. The van der Waals surface area contributed by atoms with Crippen molar-refractivity contribution in [3.8, 4) is 5.75 Å². The molecule has 0 bridgehead atoms. The predicted octanol–water partition coefficient (Wildman–Crippen LogP) is 4.10. The van der Waals surface area contributed by atoms with Gasteiger partial charge in [-0.1, -0.05) is 32.0 Å². The van der Waals surface area contributed by atoms with Crippen LogP contribution in [0.4, 0.5) is 0 Å². The van der Waals surface area contributed by atoms with Gasteiger partial charge in [0.05, 0.1) is 6.61 Å². The lowest BCUT2D eigenvalue weighted by atomic mass is 10.00. The second kappa shape index (κ2) is 8.20. The van der Waals surface area contributed by atoms with E-state index in [4.69, 9.17) is 10.5 Å². The molecule has 3 atom stereocenters. The van der Waals surface area contributed by atoms with Gasteiger partial charge in [-0.25, -0.2) is 0 Å². The van der Waals surface area contributed by atoms with Crippen LogP contribution in [0.2, 0.25) is 0 Å². The van der Waals surface area contributed by atoms with Crippen LogP contribution in [0.25, 0.3) is 0 Å². The van der Waals surface area contributed by atoms with Gasteiger partial charge in [-0.15, -0.1) is 0 Å². The van der Waals surface area contributed by atoms with Crippen molar-refractivity contribution in [3.63, 3.8) is 0 Å². The molecule has 0 aromatic heterocycles. The molecular formula is C16H25NOS2. The molecule has 112 valence electrons. The van der Waals surface area contributed by atoms with Gasteiger partial charge in [0.1, 0.15) is 5.75 Å². The molecule has 20 heavy (non-hydrogen) atoms. The molecule has 1 fully saturated rings. The first-order valence-electron chi connectivity index (χ1n) is 7.48. The summed E-state index contributed by atoms with van der Waals surface area (Å²) in [7, 11) is 0. The maximum atomic E-state index is 6.59. The van der Waals surface area contributed by atoms with Crippen LogP contribution in [0.1, 0.15) is 38.3 Å².